The van der Waals surface area contributed by atoms with Crippen molar-refractivity contribution in [1.82, 2.24) is 20.4 Å². The second kappa shape index (κ2) is 7.85. The zero-order valence-electron chi connectivity index (χ0n) is 17.5. The first-order chi connectivity index (χ1) is 15.4. The zero-order chi connectivity index (χ0) is 22.3. The summed E-state index contributed by atoms with van der Waals surface area (Å²) in [5.74, 6) is -2.53. The fourth-order valence-corrected chi connectivity index (χ4v) is 4.01. The monoisotopic (exact) mass is 435 g/mol. The molecule has 7 nitrogen and oxygen atoms in total. The van der Waals surface area contributed by atoms with E-state index in [0.29, 0.717) is 5.84 Å². The van der Waals surface area contributed by atoms with Crippen molar-refractivity contribution in [3.63, 3.8) is 0 Å². The highest BCUT2D eigenvalue weighted by molar-refractivity contribution is 6.28. The van der Waals surface area contributed by atoms with Crippen LogP contribution >= 0.6 is 0 Å². The van der Waals surface area contributed by atoms with Gasteiger partial charge in [-0.1, -0.05) is 6.07 Å². The molecular formula is C23H23F2N7. The number of hydrogen-bond donors (Lipinski definition) is 4. The van der Waals surface area contributed by atoms with E-state index >= 15 is 0 Å². The van der Waals surface area contributed by atoms with Crippen molar-refractivity contribution in [2.24, 2.45) is 17.8 Å². The zero-order valence-corrected chi connectivity index (χ0v) is 17.5. The van der Waals surface area contributed by atoms with Crippen LogP contribution in [0.4, 0.5) is 14.5 Å². The Labute approximate surface area is 184 Å². The number of fused-ring (bicyclic) bond motifs is 1. The van der Waals surface area contributed by atoms with E-state index < -0.39 is 17.4 Å². The van der Waals surface area contributed by atoms with Crippen LogP contribution in [-0.2, 0) is 25.8 Å². The molecule has 32 heavy (non-hydrogen) atoms. The molecule has 1 unspecified atom stereocenters. The summed E-state index contributed by atoms with van der Waals surface area (Å²) >= 11 is 0. The Balaban J connectivity index is 1.55. The standard InChI is InChI=1S/C23H23F2N7/c1-32-13-16(11-29-32)21-12-28-23(26,17-7-18(24)9-19(25)8-17)31-22(21)30-20-3-2-14-4-5-27-10-15(14)6-20/h2-3,6-9,11-13,27-28H,4-5,10,26H2,1H3,(H,30,31). The van der Waals surface area contributed by atoms with Crippen molar-refractivity contribution in [1.29, 1.82) is 0 Å². The van der Waals surface area contributed by atoms with E-state index in [-0.39, 0.29) is 5.56 Å². The normalized spacial score (nSPS) is 20.1. The van der Waals surface area contributed by atoms with Crippen LogP contribution in [0.15, 0.2) is 60.0 Å². The average Bonchev–Trinajstić information content (AvgIpc) is 3.19. The lowest BCUT2D eigenvalue weighted by atomic mass is 10.00. The highest BCUT2D eigenvalue weighted by Gasteiger charge is 2.32. The number of anilines is 1. The average molecular weight is 435 g/mol. The minimum absolute atomic E-state index is 0.172. The fraction of sp³-hybridized carbons (Fsp3) is 0.217. The molecule has 0 spiro atoms. The molecular weight excluding hydrogens is 412 g/mol. The third-order valence-corrected chi connectivity index (χ3v) is 5.65. The smallest absolute Gasteiger partial charge is 0.211 e. The molecule has 2 aromatic carbocycles. The molecule has 3 heterocycles. The van der Waals surface area contributed by atoms with Crippen LogP contribution < -0.4 is 21.7 Å². The van der Waals surface area contributed by atoms with Crippen LogP contribution in [0.3, 0.4) is 0 Å². The number of aliphatic imine (C=N–C) groups is 1. The van der Waals surface area contributed by atoms with E-state index in [0.717, 1.165) is 42.4 Å². The Morgan fingerprint density at radius 2 is 1.94 bits per heavy atom. The number of benzene rings is 2. The molecule has 1 aromatic heterocycles. The van der Waals surface area contributed by atoms with Crippen LogP contribution in [-0.4, -0.2) is 22.2 Å². The van der Waals surface area contributed by atoms with E-state index in [1.165, 1.54) is 23.3 Å². The first-order valence-corrected chi connectivity index (χ1v) is 10.3. The Kier molecular flexibility index (Phi) is 4.99. The predicted molar refractivity (Wildman–Crippen MR) is 119 cm³/mol. The molecule has 0 bridgehead atoms. The van der Waals surface area contributed by atoms with E-state index in [1.807, 2.05) is 19.3 Å². The Bertz CT molecular complexity index is 1230. The summed E-state index contributed by atoms with van der Waals surface area (Å²) in [5, 5.41) is 14.0. The maximum absolute atomic E-state index is 13.9. The fourth-order valence-electron chi connectivity index (χ4n) is 4.01. The summed E-state index contributed by atoms with van der Waals surface area (Å²) in [5.41, 5.74) is 11.6. The van der Waals surface area contributed by atoms with E-state index in [4.69, 9.17) is 5.73 Å². The van der Waals surface area contributed by atoms with Gasteiger partial charge >= 0.3 is 0 Å². The topological polar surface area (TPSA) is 92.3 Å². The number of halogens is 2. The van der Waals surface area contributed by atoms with Gasteiger partial charge in [-0.3, -0.25) is 10.4 Å². The molecule has 0 amide bonds. The van der Waals surface area contributed by atoms with Crippen molar-refractivity contribution in [3.05, 3.63) is 88.9 Å². The Hall–Kier alpha value is -3.56. The van der Waals surface area contributed by atoms with Crippen LogP contribution in [0, 0.1) is 11.6 Å². The molecule has 0 saturated carbocycles. The molecule has 5 N–H and O–H groups in total. The van der Waals surface area contributed by atoms with Gasteiger partial charge in [-0.25, -0.2) is 13.8 Å². The third kappa shape index (κ3) is 3.88. The van der Waals surface area contributed by atoms with Gasteiger partial charge in [0.15, 0.2) is 0 Å². The maximum Gasteiger partial charge on any atom is 0.211 e. The maximum atomic E-state index is 13.9. The number of nitrogens with one attached hydrogen (secondary N) is 3. The highest BCUT2D eigenvalue weighted by atomic mass is 19.1. The van der Waals surface area contributed by atoms with Gasteiger partial charge in [0.05, 0.1) is 6.20 Å². The SMILES string of the molecule is Cn1cc(C2=CNC(N)(c3cc(F)cc(F)c3)N=C2Nc2ccc3c(c2)CNCC3)cn1. The van der Waals surface area contributed by atoms with Crippen molar-refractivity contribution in [3.8, 4) is 0 Å². The summed E-state index contributed by atoms with van der Waals surface area (Å²) in [6.07, 6.45) is 6.24. The first kappa shape index (κ1) is 20.3. The second-order valence-electron chi connectivity index (χ2n) is 8.03. The number of nitrogens with zero attached hydrogens (tertiary/aromatic N) is 3. The molecule has 1 atom stereocenters. The summed E-state index contributed by atoms with van der Waals surface area (Å²) < 4.78 is 29.4. The molecule has 0 aliphatic carbocycles. The van der Waals surface area contributed by atoms with Crippen LogP contribution in [0.25, 0.3) is 5.57 Å². The number of nitrogens with two attached hydrogens (primary N) is 1. The van der Waals surface area contributed by atoms with Crippen LogP contribution in [0.1, 0.15) is 22.3 Å². The number of rotatable bonds is 3. The Morgan fingerprint density at radius 3 is 2.69 bits per heavy atom. The minimum Gasteiger partial charge on any atom is -0.351 e. The molecule has 2 aliphatic heterocycles. The molecule has 0 fully saturated rings. The number of hydrogen-bond acceptors (Lipinski definition) is 6. The Morgan fingerprint density at radius 1 is 1.12 bits per heavy atom. The minimum atomic E-state index is -1.55. The lowest BCUT2D eigenvalue weighted by molar-refractivity contribution is 0.405. The largest absolute Gasteiger partial charge is 0.351 e. The van der Waals surface area contributed by atoms with Gasteiger partial charge in [0.2, 0.25) is 5.79 Å². The first-order valence-electron chi connectivity index (χ1n) is 10.3. The third-order valence-electron chi connectivity index (χ3n) is 5.65. The van der Waals surface area contributed by atoms with Crippen LogP contribution in [0.2, 0.25) is 0 Å². The molecule has 0 radical (unpaired) electrons. The van der Waals surface area contributed by atoms with Gasteiger partial charge in [0.25, 0.3) is 0 Å². The van der Waals surface area contributed by atoms with E-state index in [2.05, 4.69) is 38.2 Å². The summed E-state index contributed by atoms with van der Waals surface area (Å²) in [6, 6.07) is 9.32. The van der Waals surface area contributed by atoms with Gasteiger partial charge in [0.1, 0.15) is 17.5 Å². The van der Waals surface area contributed by atoms with Crippen molar-refractivity contribution >= 4 is 17.1 Å². The number of aromatic nitrogens is 2. The number of amidine groups is 1. The molecule has 2 aliphatic rings. The molecule has 3 aromatic rings. The summed E-state index contributed by atoms with van der Waals surface area (Å²) in [4.78, 5) is 4.66. The quantitative estimate of drug-likeness (QED) is 0.508. The molecule has 5 rings (SSSR count). The van der Waals surface area contributed by atoms with Gasteiger partial charge in [-0.05, 0) is 48.4 Å². The lowest BCUT2D eigenvalue weighted by Crippen LogP contribution is -2.50. The molecule has 9 heteroatoms. The van der Waals surface area contributed by atoms with Crippen LogP contribution in [0.5, 0.6) is 0 Å². The van der Waals surface area contributed by atoms with E-state index in [1.54, 1.807) is 17.1 Å². The molecule has 164 valence electrons. The van der Waals surface area contributed by atoms with Crippen molar-refractivity contribution in [2.45, 2.75) is 18.8 Å². The van der Waals surface area contributed by atoms with Crippen molar-refractivity contribution in [2.75, 3.05) is 11.9 Å². The predicted octanol–water partition coefficient (Wildman–Crippen LogP) is 2.57. The van der Waals surface area contributed by atoms with Gasteiger partial charge in [0, 0.05) is 54.4 Å². The second-order valence-corrected chi connectivity index (χ2v) is 8.03. The number of aryl methyl sites for hydroxylation is 1. The van der Waals surface area contributed by atoms with Crippen molar-refractivity contribution < 1.29 is 8.78 Å². The van der Waals surface area contributed by atoms with Gasteiger partial charge in [-0.2, -0.15) is 5.10 Å². The molecule has 0 saturated heterocycles. The van der Waals surface area contributed by atoms with E-state index in [9.17, 15) is 8.78 Å². The lowest BCUT2D eigenvalue weighted by Gasteiger charge is -2.32. The highest BCUT2D eigenvalue weighted by Crippen LogP contribution is 2.29. The summed E-state index contributed by atoms with van der Waals surface area (Å²) in [7, 11) is 1.82. The van der Waals surface area contributed by atoms with Gasteiger partial charge < -0.3 is 16.0 Å². The summed E-state index contributed by atoms with van der Waals surface area (Å²) in [6.45, 7) is 1.76. The van der Waals surface area contributed by atoms with Gasteiger partial charge in [-0.15, -0.1) is 0 Å².